The van der Waals surface area contributed by atoms with E-state index in [0.717, 1.165) is 0 Å². The van der Waals surface area contributed by atoms with E-state index in [9.17, 15) is 0 Å². The normalized spacial score (nSPS) is 18.9. The van der Waals surface area contributed by atoms with Crippen LogP contribution in [0.15, 0.2) is 96.1 Å². The fourth-order valence-corrected chi connectivity index (χ4v) is 19.1. The van der Waals surface area contributed by atoms with Gasteiger partial charge >= 0.3 is 271 Å². The molecule has 1 heterocycles. The van der Waals surface area contributed by atoms with Gasteiger partial charge in [-0.25, -0.2) is 0 Å². The van der Waals surface area contributed by atoms with E-state index in [1.807, 2.05) is 0 Å². The van der Waals surface area contributed by atoms with Crippen LogP contribution < -0.4 is 24.8 Å². The molecule has 3 aliphatic rings. The van der Waals surface area contributed by atoms with Crippen LogP contribution in [0.2, 0.25) is 9.45 Å². The number of rotatable bonds is 4. The van der Waals surface area contributed by atoms with Gasteiger partial charge in [0.25, 0.3) is 0 Å². The van der Waals surface area contributed by atoms with E-state index in [0.29, 0.717) is 8.45 Å². The molecular formula is C43H48Cl2Ti. The van der Waals surface area contributed by atoms with Crippen molar-refractivity contribution in [1.29, 1.82) is 0 Å². The fraction of sp³-hybridized carbons (Fsp3) is 0.349. The fourth-order valence-electron chi connectivity index (χ4n) is 8.64. The number of hydrogen-bond donors (Lipinski definition) is 0. The SMILES string of the molecule is Cc1ccc(-c2cccc3c2C=C(C(C)(C)C)[CH]3[Ti+2]2([CH]3C(C(C)(C)C)=Cc4c(-c5ccc(C)cc5)cccc43)[CH2]C[CH2]2)cc1.[Cl-].[Cl-]. The molecule has 238 valence electrons. The molecule has 2 unspecified atom stereocenters. The Morgan fingerprint density at radius 2 is 0.891 bits per heavy atom. The summed E-state index contributed by atoms with van der Waals surface area (Å²) in [5.41, 5.74) is 18.0. The minimum Gasteiger partial charge on any atom is -1.00 e. The van der Waals surface area contributed by atoms with Gasteiger partial charge in [0.2, 0.25) is 0 Å². The Bertz CT molecular complexity index is 1680. The van der Waals surface area contributed by atoms with Crippen LogP contribution in [0.3, 0.4) is 0 Å². The molecule has 0 bridgehead atoms. The van der Waals surface area contributed by atoms with Crippen LogP contribution in [0.5, 0.6) is 0 Å². The van der Waals surface area contributed by atoms with E-state index < -0.39 is 16.6 Å². The van der Waals surface area contributed by atoms with Crippen molar-refractivity contribution in [3.05, 3.63) is 129 Å². The van der Waals surface area contributed by atoms with Crippen LogP contribution in [0.25, 0.3) is 34.4 Å². The van der Waals surface area contributed by atoms with Crippen LogP contribution in [0, 0.1) is 24.7 Å². The Labute approximate surface area is 294 Å². The standard InChI is InChI=1S/2C20H21.C3H6.2ClH.Ti/c2*1-14-8-10-15(11-9-14)18-7-5-6-16-12-17(13-19(16)18)20(2,3)4;1-3-2;;;/h2*5-13H,1-4H3;1-3H2;2*1H;/q;;;;;+2/p-2. The van der Waals surface area contributed by atoms with E-state index in [1.54, 1.807) is 22.3 Å². The first kappa shape index (κ1) is 35.0. The Kier molecular flexibility index (Phi) is 9.58. The molecule has 0 N–H and O–H groups in total. The quantitative estimate of drug-likeness (QED) is 0.210. The largest absolute Gasteiger partial charge is 1.00 e. The zero-order valence-corrected chi connectivity index (χ0v) is 31.8. The van der Waals surface area contributed by atoms with Gasteiger partial charge in [-0.2, -0.15) is 0 Å². The summed E-state index contributed by atoms with van der Waals surface area (Å²) in [6, 6.07) is 32.8. The predicted molar refractivity (Wildman–Crippen MR) is 188 cm³/mol. The van der Waals surface area contributed by atoms with Crippen LogP contribution in [0.4, 0.5) is 0 Å². The van der Waals surface area contributed by atoms with E-state index in [2.05, 4.69) is 152 Å². The van der Waals surface area contributed by atoms with E-state index in [1.165, 1.54) is 60.4 Å². The number of aryl methyl sites for hydroxylation is 2. The topological polar surface area (TPSA) is 0 Å². The van der Waals surface area contributed by atoms with Gasteiger partial charge in [0.05, 0.1) is 0 Å². The summed E-state index contributed by atoms with van der Waals surface area (Å²) >= 11 is -2.66. The average Bonchev–Trinajstić information content (AvgIpc) is 3.54. The van der Waals surface area contributed by atoms with Gasteiger partial charge in [-0.1, -0.05) is 0 Å². The molecule has 0 aromatic heterocycles. The van der Waals surface area contributed by atoms with Gasteiger partial charge in [-0.3, -0.25) is 0 Å². The summed E-state index contributed by atoms with van der Waals surface area (Å²) in [4.78, 5) is 0. The number of benzene rings is 4. The smallest absolute Gasteiger partial charge is 1.00 e. The molecule has 4 aromatic rings. The van der Waals surface area contributed by atoms with Crippen molar-refractivity contribution in [1.82, 2.24) is 0 Å². The minimum atomic E-state index is -2.66. The van der Waals surface area contributed by atoms with Crippen molar-refractivity contribution in [2.45, 2.75) is 79.7 Å². The molecule has 2 aliphatic carbocycles. The molecular weight excluding hydrogens is 635 g/mol. The van der Waals surface area contributed by atoms with Crippen molar-refractivity contribution >= 4 is 12.2 Å². The van der Waals surface area contributed by atoms with Crippen molar-refractivity contribution in [2.75, 3.05) is 0 Å². The predicted octanol–water partition coefficient (Wildman–Crippen LogP) is 6.71. The zero-order valence-electron chi connectivity index (χ0n) is 28.8. The van der Waals surface area contributed by atoms with E-state index in [4.69, 9.17) is 0 Å². The molecule has 0 amide bonds. The van der Waals surface area contributed by atoms with Crippen molar-refractivity contribution < 1.29 is 41.4 Å². The van der Waals surface area contributed by atoms with E-state index >= 15 is 0 Å². The monoisotopic (exact) mass is 682 g/mol. The third kappa shape index (κ3) is 5.73. The van der Waals surface area contributed by atoms with Gasteiger partial charge < -0.3 is 24.8 Å². The molecule has 1 saturated heterocycles. The van der Waals surface area contributed by atoms with Gasteiger partial charge in [-0.05, 0) is 0 Å². The van der Waals surface area contributed by atoms with Crippen LogP contribution in [-0.4, -0.2) is 0 Å². The second kappa shape index (κ2) is 12.6. The molecule has 3 heteroatoms. The summed E-state index contributed by atoms with van der Waals surface area (Å²) < 4.78 is 4.10. The second-order valence-electron chi connectivity index (χ2n) is 16.0. The maximum atomic E-state index is 2.65. The molecule has 0 spiro atoms. The molecule has 1 aliphatic heterocycles. The molecule has 4 aromatic carbocycles. The summed E-state index contributed by atoms with van der Waals surface area (Å²) in [5, 5.41) is 0. The molecule has 2 atom stereocenters. The van der Waals surface area contributed by atoms with Crippen LogP contribution >= 0.6 is 0 Å². The molecule has 0 radical (unpaired) electrons. The average molecular weight is 684 g/mol. The number of halogens is 2. The van der Waals surface area contributed by atoms with Crippen molar-refractivity contribution in [3.8, 4) is 22.3 Å². The van der Waals surface area contributed by atoms with E-state index in [-0.39, 0.29) is 35.6 Å². The first-order valence-electron chi connectivity index (χ1n) is 16.7. The molecule has 0 saturated carbocycles. The Morgan fingerprint density at radius 1 is 0.522 bits per heavy atom. The Balaban J connectivity index is 0.00000208. The van der Waals surface area contributed by atoms with Gasteiger partial charge in [-0.15, -0.1) is 0 Å². The first-order valence-corrected chi connectivity index (χ1v) is 20.7. The third-order valence-corrected chi connectivity index (χ3v) is 20.6. The van der Waals surface area contributed by atoms with Crippen molar-refractivity contribution in [2.24, 2.45) is 10.8 Å². The summed E-state index contributed by atoms with van der Waals surface area (Å²) in [6.45, 7) is 19.2. The second-order valence-corrected chi connectivity index (χ2v) is 23.2. The molecule has 46 heavy (non-hydrogen) atoms. The maximum absolute atomic E-state index is 2.66. The van der Waals surface area contributed by atoms with Gasteiger partial charge in [0, 0.05) is 0 Å². The number of hydrogen-bond acceptors (Lipinski definition) is 0. The van der Waals surface area contributed by atoms with Crippen molar-refractivity contribution in [3.63, 3.8) is 0 Å². The third-order valence-electron chi connectivity index (χ3n) is 11.0. The molecule has 7 rings (SSSR count). The number of fused-ring (bicyclic) bond motifs is 2. The molecule has 0 nitrogen and oxygen atoms in total. The zero-order chi connectivity index (χ0) is 31.0. The first-order chi connectivity index (χ1) is 20.9. The summed E-state index contributed by atoms with van der Waals surface area (Å²) in [5.74, 6) is 0. The Morgan fingerprint density at radius 3 is 1.20 bits per heavy atom. The van der Waals surface area contributed by atoms with Gasteiger partial charge in [0.1, 0.15) is 0 Å². The van der Waals surface area contributed by atoms with Gasteiger partial charge in [0.15, 0.2) is 0 Å². The summed E-state index contributed by atoms with van der Waals surface area (Å²) in [7, 11) is 0. The Hall–Kier alpha value is -2.35. The number of allylic oxidation sites excluding steroid dienone is 2. The maximum Gasteiger partial charge on any atom is -1.00 e. The summed E-state index contributed by atoms with van der Waals surface area (Å²) in [6.07, 6.45) is 6.70. The van der Waals surface area contributed by atoms with Crippen LogP contribution in [-0.2, 0) is 16.6 Å². The molecule has 1 fully saturated rings. The minimum absolute atomic E-state index is 0. The van der Waals surface area contributed by atoms with Crippen LogP contribution in [0.1, 0.15) is 89.8 Å².